The van der Waals surface area contributed by atoms with Crippen molar-refractivity contribution in [2.45, 2.75) is 17.7 Å². The summed E-state index contributed by atoms with van der Waals surface area (Å²) in [6, 6.07) is 6.41. The molecule has 1 saturated heterocycles. The monoisotopic (exact) mass is 347 g/mol. The summed E-state index contributed by atoms with van der Waals surface area (Å²) in [6.45, 7) is 2.87. The summed E-state index contributed by atoms with van der Waals surface area (Å²) >= 11 is 5.89. The van der Waals surface area contributed by atoms with Crippen molar-refractivity contribution in [1.82, 2.24) is 4.31 Å². The van der Waals surface area contributed by atoms with Crippen molar-refractivity contribution in [3.63, 3.8) is 0 Å². The van der Waals surface area contributed by atoms with Crippen molar-refractivity contribution in [2.75, 3.05) is 40.0 Å². The molecule has 0 N–H and O–H groups in total. The molecule has 0 radical (unpaired) electrons. The molecule has 124 valence electrons. The van der Waals surface area contributed by atoms with Crippen molar-refractivity contribution in [3.8, 4) is 0 Å². The van der Waals surface area contributed by atoms with Gasteiger partial charge in [0.25, 0.3) is 0 Å². The zero-order valence-electron chi connectivity index (χ0n) is 12.7. The summed E-state index contributed by atoms with van der Waals surface area (Å²) in [7, 11) is -1.81. The summed E-state index contributed by atoms with van der Waals surface area (Å²) in [5.74, 6) is 0.405. The summed E-state index contributed by atoms with van der Waals surface area (Å²) < 4.78 is 37.1. The number of ether oxygens (including phenoxy) is 2. The Balaban J connectivity index is 1.88. The Morgan fingerprint density at radius 3 is 2.64 bits per heavy atom. The van der Waals surface area contributed by atoms with E-state index in [0.29, 0.717) is 43.9 Å². The summed E-state index contributed by atoms with van der Waals surface area (Å²) in [4.78, 5) is 0.259. The van der Waals surface area contributed by atoms with E-state index in [1.165, 1.54) is 10.4 Å². The van der Waals surface area contributed by atoms with E-state index in [9.17, 15) is 8.42 Å². The van der Waals surface area contributed by atoms with Gasteiger partial charge in [0.15, 0.2) is 0 Å². The molecular weight excluding hydrogens is 326 g/mol. The number of piperidine rings is 1. The number of rotatable bonds is 7. The molecule has 1 aliphatic rings. The highest BCUT2D eigenvalue weighted by atomic mass is 35.5. The van der Waals surface area contributed by atoms with Crippen LogP contribution in [0.3, 0.4) is 0 Å². The van der Waals surface area contributed by atoms with Crippen molar-refractivity contribution >= 4 is 21.6 Å². The van der Waals surface area contributed by atoms with Gasteiger partial charge in [-0.15, -0.1) is 0 Å². The molecule has 1 aliphatic heterocycles. The van der Waals surface area contributed by atoms with Crippen molar-refractivity contribution < 1.29 is 17.9 Å². The smallest absolute Gasteiger partial charge is 0.243 e. The largest absolute Gasteiger partial charge is 0.382 e. The van der Waals surface area contributed by atoms with Gasteiger partial charge in [-0.3, -0.25) is 0 Å². The number of benzene rings is 1. The van der Waals surface area contributed by atoms with E-state index in [1.54, 1.807) is 25.3 Å². The maximum Gasteiger partial charge on any atom is 0.243 e. The molecule has 1 heterocycles. The predicted octanol–water partition coefficient (Wildman–Crippen LogP) is 2.40. The average molecular weight is 348 g/mol. The lowest BCUT2D eigenvalue weighted by atomic mass is 9.99. The Bertz CT molecular complexity index is 571. The van der Waals surface area contributed by atoms with Gasteiger partial charge >= 0.3 is 0 Å². The zero-order valence-corrected chi connectivity index (χ0v) is 14.3. The second-order valence-electron chi connectivity index (χ2n) is 5.37. The highest BCUT2D eigenvalue weighted by Gasteiger charge is 2.29. The molecule has 0 aromatic heterocycles. The number of hydrogen-bond donors (Lipinski definition) is 0. The first-order chi connectivity index (χ1) is 10.5. The first-order valence-electron chi connectivity index (χ1n) is 7.36. The third kappa shape index (κ3) is 4.67. The molecule has 0 amide bonds. The molecule has 1 fully saturated rings. The van der Waals surface area contributed by atoms with Gasteiger partial charge in [0.1, 0.15) is 0 Å². The van der Waals surface area contributed by atoms with Gasteiger partial charge in [-0.2, -0.15) is 4.31 Å². The minimum Gasteiger partial charge on any atom is -0.382 e. The number of sulfonamides is 1. The molecule has 0 bridgehead atoms. The number of hydrogen-bond acceptors (Lipinski definition) is 4. The molecule has 1 aromatic carbocycles. The van der Waals surface area contributed by atoms with E-state index in [2.05, 4.69) is 0 Å². The summed E-state index contributed by atoms with van der Waals surface area (Å²) in [6.07, 6.45) is 1.62. The lowest BCUT2D eigenvalue weighted by Gasteiger charge is -2.31. The van der Waals surface area contributed by atoms with Crippen LogP contribution in [0, 0.1) is 5.92 Å². The van der Waals surface area contributed by atoms with Gasteiger partial charge in [-0.05, 0) is 37.0 Å². The molecule has 1 aromatic rings. The molecular formula is C15H22ClNO4S. The lowest BCUT2D eigenvalue weighted by Crippen LogP contribution is -2.39. The molecule has 22 heavy (non-hydrogen) atoms. The second-order valence-corrected chi connectivity index (χ2v) is 7.75. The Morgan fingerprint density at radius 2 is 2.00 bits per heavy atom. The van der Waals surface area contributed by atoms with Crippen LogP contribution < -0.4 is 0 Å². The highest BCUT2D eigenvalue weighted by Crippen LogP contribution is 2.25. The maximum atomic E-state index is 12.6. The molecule has 0 atom stereocenters. The van der Waals surface area contributed by atoms with Crippen LogP contribution in [-0.2, 0) is 19.5 Å². The first kappa shape index (κ1) is 17.7. The molecule has 0 unspecified atom stereocenters. The number of methoxy groups -OCH3 is 1. The first-order valence-corrected chi connectivity index (χ1v) is 9.18. The van der Waals surface area contributed by atoms with Crippen LogP contribution in [0.1, 0.15) is 12.8 Å². The van der Waals surface area contributed by atoms with Crippen LogP contribution in [0.4, 0.5) is 0 Å². The van der Waals surface area contributed by atoms with Crippen LogP contribution >= 0.6 is 11.6 Å². The van der Waals surface area contributed by atoms with E-state index in [4.69, 9.17) is 21.1 Å². The Morgan fingerprint density at radius 1 is 1.27 bits per heavy atom. The second kappa shape index (κ2) is 8.26. The van der Waals surface area contributed by atoms with Crippen molar-refractivity contribution in [2.24, 2.45) is 5.92 Å². The van der Waals surface area contributed by atoms with Gasteiger partial charge in [-0.25, -0.2) is 8.42 Å². The van der Waals surface area contributed by atoms with Crippen LogP contribution in [0.2, 0.25) is 5.02 Å². The fraction of sp³-hybridized carbons (Fsp3) is 0.600. The molecule has 0 saturated carbocycles. The van der Waals surface area contributed by atoms with Gasteiger partial charge in [0.2, 0.25) is 10.0 Å². The Labute approximate surface area is 137 Å². The van der Waals surface area contributed by atoms with Crippen LogP contribution in [0.15, 0.2) is 29.2 Å². The summed E-state index contributed by atoms with van der Waals surface area (Å²) in [5, 5.41) is 0.433. The quantitative estimate of drug-likeness (QED) is 0.711. The molecule has 5 nitrogen and oxygen atoms in total. The standard InChI is InChI=1S/C15H22ClNO4S/c1-20-9-10-21-12-13-5-7-17(8-6-13)22(18,19)15-4-2-3-14(16)11-15/h2-4,11,13H,5-10,12H2,1H3. The van der Waals surface area contributed by atoms with Crippen LogP contribution in [0.25, 0.3) is 0 Å². The molecule has 0 spiro atoms. The average Bonchev–Trinajstić information content (AvgIpc) is 2.52. The number of halogens is 1. The lowest BCUT2D eigenvalue weighted by molar-refractivity contribution is 0.0410. The van der Waals surface area contributed by atoms with E-state index in [0.717, 1.165) is 12.8 Å². The highest BCUT2D eigenvalue weighted by molar-refractivity contribution is 7.89. The fourth-order valence-electron chi connectivity index (χ4n) is 2.49. The molecule has 7 heteroatoms. The van der Waals surface area contributed by atoms with Gasteiger partial charge in [0, 0.05) is 31.8 Å². The van der Waals surface area contributed by atoms with E-state index in [-0.39, 0.29) is 4.90 Å². The normalized spacial score (nSPS) is 17.7. The zero-order chi connectivity index (χ0) is 16.0. The Kier molecular flexibility index (Phi) is 6.65. The third-order valence-electron chi connectivity index (χ3n) is 3.79. The summed E-state index contributed by atoms with van der Waals surface area (Å²) in [5.41, 5.74) is 0. The SMILES string of the molecule is COCCOCC1CCN(S(=O)(=O)c2cccc(Cl)c2)CC1. The van der Waals surface area contributed by atoms with Crippen LogP contribution in [-0.4, -0.2) is 52.7 Å². The predicted molar refractivity (Wildman–Crippen MR) is 85.6 cm³/mol. The molecule has 0 aliphatic carbocycles. The van der Waals surface area contributed by atoms with Gasteiger partial charge in [-0.1, -0.05) is 17.7 Å². The van der Waals surface area contributed by atoms with Crippen molar-refractivity contribution in [3.05, 3.63) is 29.3 Å². The topological polar surface area (TPSA) is 55.8 Å². The van der Waals surface area contributed by atoms with Crippen LogP contribution in [0.5, 0.6) is 0 Å². The van der Waals surface area contributed by atoms with E-state index >= 15 is 0 Å². The number of nitrogens with zero attached hydrogens (tertiary/aromatic N) is 1. The minimum absolute atomic E-state index is 0.259. The van der Waals surface area contributed by atoms with E-state index < -0.39 is 10.0 Å². The third-order valence-corrected chi connectivity index (χ3v) is 5.92. The Hall–Kier alpha value is -0.660. The minimum atomic E-state index is -3.45. The van der Waals surface area contributed by atoms with Crippen molar-refractivity contribution in [1.29, 1.82) is 0 Å². The molecule has 2 rings (SSSR count). The fourth-order valence-corrected chi connectivity index (χ4v) is 4.26. The maximum absolute atomic E-state index is 12.6. The van der Waals surface area contributed by atoms with E-state index in [1.807, 2.05) is 0 Å². The van der Waals surface area contributed by atoms with Gasteiger partial charge in [0.05, 0.1) is 18.1 Å². The van der Waals surface area contributed by atoms with Gasteiger partial charge < -0.3 is 9.47 Å².